The number of piperidine rings is 1. The van der Waals surface area contributed by atoms with Gasteiger partial charge in [0.05, 0.1) is 0 Å². The van der Waals surface area contributed by atoms with E-state index in [4.69, 9.17) is 0 Å². The highest BCUT2D eigenvalue weighted by Gasteiger charge is 2.25. The van der Waals surface area contributed by atoms with E-state index in [1.807, 2.05) is 0 Å². The van der Waals surface area contributed by atoms with Gasteiger partial charge in [-0.05, 0) is 37.8 Å². The van der Waals surface area contributed by atoms with Gasteiger partial charge in [-0.15, -0.1) is 6.58 Å². The summed E-state index contributed by atoms with van der Waals surface area (Å²) in [6.45, 7) is 8.49. The third-order valence-electron chi connectivity index (χ3n) is 2.74. The fraction of sp³-hybridized carbons (Fsp3) is 0.778. The van der Waals surface area contributed by atoms with Crippen LogP contribution in [0.25, 0.3) is 0 Å². The van der Waals surface area contributed by atoms with Gasteiger partial charge in [0.15, 0.2) is 0 Å². The molecule has 1 aliphatic heterocycles. The van der Waals surface area contributed by atoms with Crippen LogP contribution in [0, 0.1) is 5.41 Å². The number of hydrogen-bond acceptors (Lipinski definition) is 1. The van der Waals surface area contributed by atoms with Gasteiger partial charge < -0.3 is 5.32 Å². The molecule has 0 unspecified atom stereocenters. The van der Waals surface area contributed by atoms with Crippen LogP contribution in [-0.2, 0) is 0 Å². The van der Waals surface area contributed by atoms with E-state index in [1.165, 1.54) is 32.4 Å². The molecule has 1 N–H and O–H groups in total. The molecule has 1 heterocycles. The van der Waals surface area contributed by atoms with Gasteiger partial charge in [-0.2, -0.15) is 0 Å². The average Bonchev–Trinajstić information content (AvgIpc) is 2.06. The van der Waals surface area contributed by atoms with Crippen molar-refractivity contribution in [2.75, 3.05) is 13.1 Å². The summed E-state index contributed by atoms with van der Waals surface area (Å²) in [5.41, 5.74) is 0.464. The monoisotopic (exact) mass is 139 g/mol. The second-order valence-corrected chi connectivity index (χ2v) is 3.17. The molecule has 1 nitrogen and oxygen atoms in total. The lowest BCUT2D eigenvalue weighted by Gasteiger charge is -2.33. The molecule has 0 aromatic carbocycles. The van der Waals surface area contributed by atoms with Gasteiger partial charge in [0.2, 0.25) is 0 Å². The van der Waals surface area contributed by atoms with Gasteiger partial charge in [-0.1, -0.05) is 13.0 Å². The molecule has 0 aliphatic carbocycles. The van der Waals surface area contributed by atoms with Crippen LogP contribution in [0.4, 0.5) is 0 Å². The van der Waals surface area contributed by atoms with E-state index >= 15 is 0 Å². The first-order valence-electron chi connectivity index (χ1n) is 4.17. The summed E-state index contributed by atoms with van der Waals surface area (Å²) in [6, 6.07) is 0. The Labute approximate surface area is 63.5 Å². The van der Waals surface area contributed by atoms with Crippen molar-refractivity contribution in [3.8, 4) is 0 Å². The zero-order valence-corrected chi connectivity index (χ0v) is 6.82. The van der Waals surface area contributed by atoms with Crippen molar-refractivity contribution in [1.82, 2.24) is 5.32 Å². The molecule has 0 saturated carbocycles. The Morgan fingerprint density at radius 2 is 2.10 bits per heavy atom. The van der Waals surface area contributed by atoms with Gasteiger partial charge in [-0.3, -0.25) is 0 Å². The van der Waals surface area contributed by atoms with Crippen LogP contribution in [0.2, 0.25) is 0 Å². The first kappa shape index (κ1) is 7.80. The van der Waals surface area contributed by atoms with Gasteiger partial charge in [0.1, 0.15) is 0 Å². The van der Waals surface area contributed by atoms with Crippen molar-refractivity contribution in [3.63, 3.8) is 0 Å². The largest absolute Gasteiger partial charge is 0.317 e. The summed E-state index contributed by atoms with van der Waals surface area (Å²) in [5.74, 6) is 0. The molecule has 1 saturated heterocycles. The Bertz CT molecular complexity index is 112. The highest BCUT2D eigenvalue weighted by atomic mass is 14.9. The third kappa shape index (κ3) is 1.40. The molecule has 1 aliphatic rings. The van der Waals surface area contributed by atoms with Crippen LogP contribution in [0.5, 0.6) is 0 Å². The maximum atomic E-state index is 3.90. The van der Waals surface area contributed by atoms with Crippen molar-refractivity contribution >= 4 is 0 Å². The smallest absolute Gasteiger partial charge is 0.00406 e. The summed E-state index contributed by atoms with van der Waals surface area (Å²) in [7, 11) is 0. The van der Waals surface area contributed by atoms with Crippen LogP contribution < -0.4 is 5.32 Å². The molecular weight excluding hydrogens is 122 g/mol. The van der Waals surface area contributed by atoms with E-state index < -0.39 is 0 Å². The fourth-order valence-corrected chi connectivity index (χ4v) is 1.63. The molecular formula is C9H17N. The van der Waals surface area contributed by atoms with E-state index in [-0.39, 0.29) is 0 Å². The quantitative estimate of drug-likeness (QED) is 0.577. The normalized spacial score (nSPS) is 24.1. The summed E-state index contributed by atoms with van der Waals surface area (Å²) >= 11 is 0. The highest BCUT2D eigenvalue weighted by molar-refractivity contribution is 4.96. The molecule has 0 aromatic heterocycles. The Morgan fingerprint density at radius 3 is 2.40 bits per heavy atom. The predicted octanol–water partition coefficient (Wildman–Crippen LogP) is 1.95. The van der Waals surface area contributed by atoms with Crippen molar-refractivity contribution in [1.29, 1.82) is 0 Å². The first-order valence-corrected chi connectivity index (χ1v) is 4.17. The van der Waals surface area contributed by atoms with Crippen molar-refractivity contribution in [2.24, 2.45) is 5.41 Å². The van der Waals surface area contributed by atoms with Crippen LogP contribution in [0.1, 0.15) is 26.2 Å². The summed E-state index contributed by atoms with van der Waals surface area (Å²) in [6.07, 6.45) is 5.94. The molecule has 1 fully saturated rings. The second kappa shape index (κ2) is 3.20. The van der Waals surface area contributed by atoms with Crippen molar-refractivity contribution in [3.05, 3.63) is 12.7 Å². The van der Waals surface area contributed by atoms with Gasteiger partial charge in [-0.25, -0.2) is 0 Å². The second-order valence-electron chi connectivity index (χ2n) is 3.17. The maximum absolute atomic E-state index is 3.90. The van der Waals surface area contributed by atoms with Crippen LogP contribution in [-0.4, -0.2) is 13.1 Å². The van der Waals surface area contributed by atoms with E-state index in [9.17, 15) is 0 Å². The number of hydrogen-bond donors (Lipinski definition) is 1. The molecule has 0 spiro atoms. The lowest BCUT2D eigenvalue weighted by molar-refractivity contribution is 0.263. The van der Waals surface area contributed by atoms with Crippen LogP contribution >= 0.6 is 0 Å². The molecule has 1 heteroatoms. The molecule has 0 amide bonds. The van der Waals surface area contributed by atoms with Gasteiger partial charge in [0, 0.05) is 0 Å². The molecule has 1 rings (SSSR count). The highest BCUT2D eigenvalue weighted by Crippen LogP contribution is 2.32. The Kier molecular flexibility index (Phi) is 2.50. The van der Waals surface area contributed by atoms with Crippen LogP contribution in [0.15, 0.2) is 12.7 Å². The third-order valence-corrected chi connectivity index (χ3v) is 2.74. The molecule has 10 heavy (non-hydrogen) atoms. The van der Waals surface area contributed by atoms with E-state index in [1.54, 1.807) is 0 Å². The number of nitrogens with one attached hydrogen (secondary N) is 1. The zero-order chi connectivity index (χ0) is 7.45. The minimum Gasteiger partial charge on any atom is -0.317 e. The van der Waals surface area contributed by atoms with Crippen molar-refractivity contribution in [2.45, 2.75) is 26.2 Å². The minimum atomic E-state index is 0.464. The lowest BCUT2D eigenvalue weighted by Crippen LogP contribution is -2.34. The predicted molar refractivity (Wildman–Crippen MR) is 45.0 cm³/mol. The Morgan fingerprint density at radius 1 is 1.50 bits per heavy atom. The lowest BCUT2D eigenvalue weighted by atomic mass is 9.77. The van der Waals surface area contributed by atoms with E-state index in [2.05, 4.69) is 24.9 Å². The standard InChI is InChI=1S/C9H17N/c1-3-9(4-2)5-7-10-8-6-9/h3,10H,1,4-8H2,2H3. The topological polar surface area (TPSA) is 12.0 Å². The molecule has 0 atom stereocenters. The molecule has 58 valence electrons. The van der Waals surface area contributed by atoms with E-state index in [0.29, 0.717) is 5.41 Å². The SMILES string of the molecule is C=CC1(CC)CCNCC1. The minimum absolute atomic E-state index is 0.464. The van der Waals surface area contributed by atoms with Crippen LogP contribution in [0.3, 0.4) is 0 Å². The summed E-state index contributed by atoms with van der Waals surface area (Å²) in [4.78, 5) is 0. The van der Waals surface area contributed by atoms with Gasteiger partial charge >= 0.3 is 0 Å². The van der Waals surface area contributed by atoms with Crippen molar-refractivity contribution < 1.29 is 0 Å². The molecule has 0 aromatic rings. The Balaban J connectivity index is 2.52. The Hall–Kier alpha value is -0.300. The van der Waals surface area contributed by atoms with Gasteiger partial charge in [0.25, 0.3) is 0 Å². The summed E-state index contributed by atoms with van der Waals surface area (Å²) in [5, 5.41) is 3.36. The number of rotatable bonds is 2. The molecule has 0 bridgehead atoms. The molecule has 0 radical (unpaired) electrons. The van der Waals surface area contributed by atoms with E-state index in [0.717, 1.165) is 0 Å². The average molecular weight is 139 g/mol. The fourth-order valence-electron chi connectivity index (χ4n) is 1.63. The number of allylic oxidation sites excluding steroid dienone is 1. The summed E-state index contributed by atoms with van der Waals surface area (Å²) < 4.78 is 0. The maximum Gasteiger partial charge on any atom is -0.00406 e. The zero-order valence-electron chi connectivity index (χ0n) is 6.82. The first-order chi connectivity index (χ1) is 4.83.